The Balaban J connectivity index is 1.97. The van der Waals surface area contributed by atoms with Gasteiger partial charge in [-0.15, -0.1) is 0 Å². The van der Waals surface area contributed by atoms with E-state index in [4.69, 9.17) is 11.1 Å². The smallest absolute Gasteiger partial charge is 0.0921 e. The van der Waals surface area contributed by atoms with E-state index >= 15 is 0 Å². The maximum Gasteiger partial charge on any atom is 0.0921 e. The van der Waals surface area contributed by atoms with Crippen LogP contribution in [0, 0.1) is 5.41 Å². The standard InChI is InChI=1S/C15H23N3/c1-2-14(10-15(16)17)18-9-8-13(11-18)12-6-4-3-5-7-12/h3-7,13-14H,2,8-11H2,1H3,(H3,16,17). The Bertz CT molecular complexity index is 388. The van der Waals surface area contributed by atoms with Crippen LogP contribution in [-0.4, -0.2) is 29.9 Å². The highest BCUT2D eigenvalue weighted by Gasteiger charge is 2.28. The van der Waals surface area contributed by atoms with E-state index in [2.05, 4.69) is 42.2 Å². The van der Waals surface area contributed by atoms with Gasteiger partial charge in [0.1, 0.15) is 0 Å². The zero-order valence-corrected chi connectivity index (χ0v) is 11.1. The zero-order chi connectivity index (χ0) is 13.0. The maximum absolute atomic E-state index is 7.46. The van der Waals surface area contributed by atoms with Crippen molar-refractivity contribution in [2.24, 2.45) is 5.73 Å². The minimum atomic E-state index is 0.310. The lowest BCUT2D eigenvalue weighted by Crippen LogP contribution is -2.36. The Morgan fingerprint density at radius 3 is 2.78 bits per heavy atom. The molecule has 3 nitrogen and oxygen atoms in total. The zero-order valence-electron chi connectivity index (χ0n) is 11.1. The molecule has 1 aromatic carbocycles. The molecule has 1 saturated heterocycles. The molecule has 3 heteroatoms. The van der Waals surface area contributed by atoms with E-state index in [1.165, 1.54) is 12.0 Å². The van der Waals surface area contributed by atoms with Crippen LogP contribution in [0.4, 0.5) is 0 Å². The van der Waals surface area contributed by atoms with Gasteiger partial charge in [-0.05, 0) is 30.9 Å². The van der Waals surface area contributed by atoms with E-state index in [-0.39, 0.29) is 0 Å². The van der Waals surface area contributed by atoms with Gasteiger partial charge >= 0.3 is 0 Å². The molecule has 0 amide bonds. The molecule has 0 spiro atoms. The molecule has 1 aliphatic rings. The van der Waals surface area contributed by atoms with Gasteiger partial charge in [0.2, 0.25) is 0 Å². The average molecular weight is 245 g/mol. The van der Waals surface area contributed by atoms with Crippen molar-refractivity contribution in [3.8, 4) is 0 Å². The number of hydrogen-bond acceptors (Lipinski definition) is 2. The lowest BCUT2D eigenvalue weighted by atomic mass is 9.98. The molecule has 2 atom stereocenters. The number of nitrogens with zero attached hydrogens (tertiary/aromatic N) is 1. The number of amidine groups is 1. The summed E-state index contributed by atoms with van der Waals surface area (Å²) >= 11 is 0. The fourth-order valence-corrected chi connectivity index (χ4v) is 2.90. The minimum absolute atomic E-state index is 0.310. The number of nitrogens with one attached hydrogen (secondary N) is 1. The maximum atomic E-state index is 7.46. The normalized spacial score (nSPS) is 21.9. The first-order valence-electron chi connectivity index (χ1n) is 6.82. The van der Waals surface area contributed by atoms with Crippen molar-refractivity contribution >= 4 is 5.84 Å². The molecule has 0 bridgehead atoms. The minimum Gasteiger partial charge on any atom is -0.388 e. The third-order valence-electron chi connectivity index (χ3n) is 3.93. The van der Waals surface area contributed by atoms with Crippen LogP contribution < -0.4 is 5.73 Å². The summed E-state index contributed by atoms with van der Waals surface area (Å²) in [6.07, 6.45) is 3.00. The molecular weight excluding hydrogens is 222 g/mol. The fraction of sp³-hybridized carbons (Fsp3) is 0.533. The highest BCUT2D eigenvalue weighted by Crippen LogP contribution is 2.29. The highest BCUT2D eigenvalue weighted by molar-refractivity contribution is 5.77. The van der Waals surface area contributed by atoms with Gasteiger partial charge in [0.05, 0.1) is 5.84 Å². The second-order valence-corrected chi connectivity index (χ2v) is 5.18. The van der Waals surface area contributed by atoms with Crippen molar-refractivity contribution in [3.05, 3.63) is 35.9 Å². The van der Waals surface area contributed by atoms with Crippen molar-refractivity contribution in [2.75, 3.05) is 13.1 Å². The van der Waals surface area contributed by atoms with Crippen molar-refractivity contribution in [1.29, 1.82) is 5.41 Å². The van der Waals surface area contributed by atoms with E-state index in [1.54, 1.807) is 0 Å². The van der Waals surface area contributed by atoms with E-state index in [0.717, 1.165) is 19.5 Å². The first-order valence-corrected chi connectivity index (χ1v) is 6.82. The molecule has 98 valence electrons. The predicted molar refractivity (Wildman–Crippen MR) is 76.0 cm³/mol. The summed E-state index contributed by atoms with van der Waals surface area (Å²) in [5.41, 5.74) is 6.98. The molecule has 0 saturated carbocycles. The molecule has 0 radical (unpaired) electrons. The Morgan fingerprint density at radius 2 is 2.17 bits per heavy atom. The predicted octanol–water partition coefficient (Wildman–Crippen LogP) is 2.58. The van der Waals surface area contributed by atoms with Crippen molar-refractivity contribution in [1.82, 2.24) is 4.90 Å². The molecule has 0 aliphatic carbocycles. The topological polar surface area (TPSA) is 53.1 Å². The SMILES string of the molecule is CCC(CC(=N)N)N1CCC(c2ccccc2)C1. The average Bonchev–Trinajstić information content (AvgIpc) is 2.86. The third kappa shape index (κ3) is 3.10. The van der Waals surface area contributed by atoms with Crippen molar-refractivity contribution < 1.29 is 0 Å². The highest BCUT2D eigenvalue weighted by atomic mass is 15.2. The fourth-order valence-electron chi connectivity index (χ4n) is 2.90. The number of likely N-dealkylation sites (tertiary alicyclic amines) is 1. The van der Waals surface area contributed by atoms with E-state index in [9.17, 15) is 0 Å². The molecule has 18 heavy (non-hydrogen) atoms. The van der Waals surface area contributed by atoms with Crippen LogP contribution >= 0.6 is 0 Å². The van der Waals surface area contributed by atoms with Gasteiger partial charge in [-0.1, -0.05) is 37.3 Å². The molecule has 3 N–H and O–H groups in total. The van der Waals surface area contributed by atoms with Gasteiger partial charge in [-0.2, -0.15) is 0 Å². The van der Waals surface area contributed by atoms with E-state index in [1.807, 2.05) is 0 Å². The summed E-state index contributed by atoms with van der Waals surface area (Å²) < 4.78 is 0. The Morgan fingerprint density at radius 1 is 1.44 bits per heavy atom. The first-order chi connectivity index (χ1) is 8.70. The summed E-state index contributed by atoms with van der Waals surface area (Å²) in [5, 5.41) is 7.46. The first kappa shape index (κ1) is 13.1. The summed E-state index contributed by atoms with van der Waals surface area (Å²) in [5.74, 6) is 0.956. The quantitative estimate of drug-likeness (QED) is 0.619. The summed E-state index contributed by atoms with van der Waals surface area (Å²) in [7, 11) is 0. The monoisotopic (exact) mass is 245 g/mol. The van der Waals surface area contributed by atoms with Gasteiger partial charge in [-0.25, -0.2) is 0 Å². The van der Waals surface area contributed by atoms with Gasteiger partial charge in [-0.3, -0.25) is 10.3 Å². The Hall–Kier alpha value is -1.35. The lowest BCUT2D eigenvalue weighted by molar-refractivity contribution is 0.238. The molecule has 2 rings (SSSR count). The van der Waals surface area contributed by atoms with Crippen LogP contribution in [0.15, 0.2) is 30.3 Å². The van der Waals surface area contributed by atoms with E-state index < -0.39 is 0 Å². The number of hydrogen-bond donors (Lipinski definition) is 2. The largest absolute Gasteiger partial charge is 0.388 e. The van der Waals surface area contributed by atoms with Crippen LogP contribution in [0.25, 0.3) is 0 Å². The van der Waals surface area contributed by atoms with Crippen molar-refractivity contribution in [2.45, 2.75) is 38.1 Å². The Kier molecular flexibility index (Phi) is 4.37. The van der Waals surface area contributed by atoms with Gasteiger partial charge in [0.15, 0.2) is 0 Å². The molecule has 2 unspecified atom stereocenters. The van der Waals surface area contributed by atoms with Crippen LogP contribution in [0.1, 0.15) is 37.7 Å². The lowest BCUT2D eigenvalue weighted by Gasteiger charge is -2.26. The molecule has 0 aromatic heterocycles. The summed E-state index contributed by atoms with van der Waals surface area (Å²) in [6.45, 7) is 4.42. The second kappa shape index (κ2) is 6.01. The van der Waals surface area contributed by atoms with Crippen molar-refractivity contribution in [3.63, 3.8) is 0 Å². The molecule has 1 aromatic rings. The number of rotatable bonds is 5. The number of benzene rings is 1. The van der Waals surface area contributed by atoms with E-state index in [0.29, 0.717) is 24.2 Å². The van der Waals surface area contributed by atoms with Crippen LogP contribution in [-0.2, 0) is 0 Å². The van der Waals surface area contributed by atoms with Crippen LogP contribution in [0.3, 0.4) is 0 Å². The second-order valence-electron chi connectivity index (χ2n) is 5.18. The third-order valence-corrected chi connectivity index (χ3v) is 3.93. The summed E-state index contributed by atoms with van der Waals surface area (Å²) in [6, 6.07) is 11.2. The summed E-state index contributed by atoms with van der Waals surface area (Å²) in [4.78, 5) is 2.50. The number of nitrogens with two attached hydrogens (primary N) is 1. The van der Waals surface area contributed by atoms with Gasteiger partial charge in [0, 0.05) is 19.0 Å². The molecule has 1 fully saturated rings. The molecule has 1 heterocycles. The molecular formula is C15H23N3. The van der Waals surface area contributed by atoms with Gasteiger partial charge in [0.25, 0.3) is 0 Å². The molecule has 1 aliphatic heterocycles. The van der Waals surface area contributed by atoms with Gasteiger partial charge < -0.3 is 5.73 Å². The Labute approximate surface area is 109 Å². The van der Waals surface area contributed by atoms with Crippen LogP contribution in [0.2, 0.25) is 0 Å². The van der Waals surface area contributed by atoms with Crippen LogP contribution in [0.5, 0.6) is 0 Å².